The monoisotopic (exact) mass is 471 g/mol. The lowest BCUT2D eigenvalue weighted by atomic mass is 10.2. The molecule has 180 valence electrons. The maximum absolute atomic E-state index is 13.9. The number of amides is 1. The van der Waals surface area contributed by atoms with E-state index in [1.165, 1.54) is 6.07 Å². The smallest absolute Gasteiger partial charge is 0.273 e. The molecule has 0 saturated heterocycles. The Balaban J connectivity index is 1.57. The predicted octanol–water partition coefficient (Wildman–Crippen LogP) is 4.76. The van der Waals surface area contributed by atoms with E-state index in [4.69, 9.17) is 19.6 Å². The van der Waals surface area contributed by atoms with Crippen molar-refractivity contribution in [2.75, 3.05) is 13.2 Å². The van der Waals surface area contributed by atoms with Crippen LogP contribution in [0.25, 0.3) is 11.5 Å². The molecule has 2 aromatic carbocycles. The highest BCUT2D eigenvalue weighted by Gasteiger charge is 2.25. The number of hydrogen-bond acceptors (Lipinski definition) is 6. The van der Waals surface area contributed by atoms with Crippen molar-refractivity contribution < 1.29 is 27.5 Å². The first-order chi connectivity index (χ1) is 16.4. The van der Waals surface area contributed by atoms with Gasteiger partial charge in [0.2, 0.25) is 5.89 Å². The second-order valence-electron chi connectivity index (χ2n) is 8.29. The van der Waals surface area contributed by atoms with Crippen LogP contribution in [-0.2, 0) is 6.54 Å². The molecule has 9 heteroatoms. The van der Waals surface area contributed by atoms with E-state index in [0.717, 1.165) is 25.0 Å². The number of ether oxygens (including phenoxy) is 2. The molecule has 1 fully saturated rings. The lowest BCUT2D eigenvalue weighted by molar-refractivity contribution is 0.0943. The summed E-state index contributed by atoms with van der Waals surface area (Å²) in [5, 5.41) is 2.59. The van der Waals surface area contributed by atoms with Crippen molar-refractivity contribution in [3.8, 4) is 23.0 Å². The zero-order valence-corrected chi connectivity index (χ0v) is 19.1. The van der Waals surface area contributed by atoms with E-state index in [1.54, 1.807) is 25.1 Å². The molecule has 0 spiro atoms. The zero-order valence-electron chi connectivity index (χ0n) is 19.1. The lowest BCUT2D eigenvalue weighted by Gasteiger charge is -2.12. The highest BCUT2D eigenvalue weighted by Crippen LogP contribution is 2.36. The molecule has 0 radical (unpaired) electrons. The number of nitrogens with two attached hydrogens (primary N) is 1. The van der Waals surface area contributed by atoms with Gasteiger partial charge in [-0.3, -0.25) is 4.79 Å². The Morgan fingerprint density at radius 1 is 1.21 bits per heavy atom. The Bertz CT molecular complexity index is 1170. The minimum absolute atomic E-state index is 0.00172. The van der Waals surface area contributed by atoms with Crippen LogP contribution in [0.2, 0.25) is 0 Å². The summed E-state index contributed by atoms with van der Waals surface area (Å²) in [4.78, 5) is 17.2. The van der Waals surface area contributed by atoms with Crippen LogP contribution < -0.4 is 20.5 Å². The Kier molecular flexibility index (Phi) is 7.12. The summed E-state index contributed by atoms with van der Waals surface area (Å²) in [5.74, 6) is 0.124. The average Bonchev–Trinajstić information content (AvgIpc) is 3.52. The van der Waals surface area contributed by atoms with Gasteiger partial charge in [-0.15, -0.1) is 0 Å². The molecule has 0 aliphatic heterocycles. The summed E-state index contributed by atoms with van der Waals surface area (Å²) in [6.45, 7) is 4.51. The van der Waals surface area contributed by atoms with Crippen LogP contribution in [0, 0.1) is 17.6 Å². The van der Waals surface area contributed by atoms with Crippen LogP contribution in [0.15, 0.2) is 40.8 Å². The fraction of sp³-hybridized carbons (Fsp3) is 0.360. The van der Waals surface area contributed by atoms with Gasteiger partial charge in [0.1, 0.15) is 11.6 Å². The summed E-state index contributed by atoms with van der Waals surface area (Å²) < 4.78 is 44.5. The number of nitrogens with zero attached hydrogens (tertiary/aromatic N) is 1. The summed E-state index contributed by atoms with van der Waals surface area (Å²) in [5.41, 5.74) is 6.76. The first-order valence-corrected chi connectivity index (χ1v) is 11.2. The average molecular weight is 472 g/mol. The molecule has 1 aromatic heterocycles. The largest absolute Gasteiger partial charge is 0.490 e. The topological polar surface area (TPSA) is 99.6 Å². The third kappa shape index (κ3) is 5.53. The number of halogens is 2. The summed E-state index contributed by atoms with van der Waals surface area (Å²) in [6, 6.07) is 7.85. The fourth-order valence-electron chi connectivity index (χ4n) is 3.37. The molecule has 3 aromatic rings. The normalized spacial score (nSPS) is 14.0. The summed E-state index contributed by atoms with van der Waals surface area (Å²) >= 11 is 0. The van der Waals surface area contributed by atoms with E-state index in [-0.39, 0.29) is 29.5 Å². The third-order valence-electron chi connectivity index (χ3n) is 5.40. The molecule has 1 heterocycles. The Morgan fingerprint density at radius 3 is 2.68 bits per heavy atom. The molecule has 34 heavy (non-hydrogen) atoms. The van der Waals surface area contributed by atoms with Crippen LogP contribution in [-0.4, -0.2) is 24.1 Å². The van der Waals surface area contributed by atoms with E-state index in [0.29, 0.717) is 36.2 Å². The minimum atomic E-state index is -0.748. The Hall–Kier alpha value is -3.46. The van der Waals surface area contributed by atoms with Crippen LogP contribution in [0.4, 0.5) is 8.78 Å². The van der Waals surface area contributed by atoms with Crippen LogP contribution in [0.5, 0.6) is 11.5 Å². The number of carbonyl (C=O) groups excluding carboxylic acids is 1. The van der Waals surface area contributed by atoms with Gasteiger partial charge in [-0.05, 0) is 56.9 Å². The molecule has 3 N–H and O–H groups in total. The molecule has 1 aliphatic carbocycles. The number of rotatable bonds is 10. The number of benzene rings is 2. The molecule has 1 aliphatic rings. The van der Waals surface area contributed by atoms with Crippen molar-refractivity contribution in [1.82, 2.24) is 10.3 Å². The summed E-state index contributed by atoms with van der Waals surface area (Å²) in [7, 11) is 0. The van der Waals surface area contributed by atoms with Gasteiger partial charge >= 0.3 is 0 Å². The quantitative estimate of drug-likeness (QED) is 0.442. The van der Waals surface area contributed by atoms with E-state index in [2.05, 4.69) is 10.3 Å². The Labute approximate surface area is 196 Å². The third-order valence-corrected chi connectivity index (χ3v) is 5.40. The van der Waals surface area contributed by atoms with E-state index in [9.17, 15) is 13.6 Å². The SMILES string of the molecule is CCOc1ccc(-c2nc(C(=O)NCc3ccc(F)cc3F)c([C@H](C)N)o2)cc1OCC1CC1. The number of carbonyl (C=O) groups is 1. The van der Waals surface area contributed by atoms with Gasteiger partial charge in [-0.25, -0.2) is 13.8 Å². The molecule has 7 nitrogen and oxygen atoms in total. The number of nitrogens with one attached hydrogen (secondary N) is 1. The number of aromatic nitrogens is 1. The fourth-order valence-corrected chi connectivity index (χ4v) is 3.37. The minimum Gasteiger partial charge on any atom is -0.490 e. The second kappa shape index (κ2) is 10.2. The highest BCUT2D eigenvalue weighted by molar-refractivity contribution is 5.94. The predicted molar refractivity (Wildman–Crippen MR) is 121 cm³/mol. The molecule has 4 rings (SSSR count). The second-order valence-corrected chi connectivity index (χ2v) is 8.29. The van der Waals surface area contributed by atoms with Gasteiger partial charge in [0.25, 0.3) is 5.91 Å². The number of oxazole rings is 1. The van der Waals surface area contributed by atoms with Gasteiger partial charge in [0.05, 0.1) is 19.3 Å². The molecule has 1 amide bonds. The molecule has 1 atom stereocenters. The molecule has 1 saturated carbocycles. The van der Waals surface area contributed by atoms with E-state index < -0.39 is 23.6 Å². The van der Waals surface area contributed by atoms with Gasteiger partial charge in [-0.1, -0.05) is 6.07 Å². The van der Waals surface area contributed by atoms with Gasteiger partial charge in [0.15, 0.2) is 23.0 Å². The van der Waals surface area contributed by atoms with Crippen LogP contribution >= 0.6 is 0 Å². The molecule has 0 bridgehead atoms. The standard InChI is InChI=1S/C25H27F2N3O4/c1-3-32-20-9-7-16(10-21(20)33-13-15-4-5-15)25-30-22(23(34-25)14(2)28)24(31)29-12-17-6-8-18(26)11-19(17)27/h6-11,14-15H,3-5,12-13,28H2,1-2H3,(H,29,31)/t14-/m0/s1. The highest BCUT2D eigenvalue weighted by atomic mass is 19.1. The van der Waals surface area contributed by atoms with Crippen molar-refractivity contribution >= 4 is 5.91 Å². The molecular weight excluding hydrogens is 444 g/mol. The van der Waals surface area contributed by atoms with E-state index >= 15 is 0 Å². The zero-order chi connectivity index (χ0) is 24.2. The van der Waals surface area contributed by atoms with Crippen molar-refractivity contribution in [3.63, 3.8) is 0 Å². The van der Waals surface area contributed by atoms with Gasteiger partial charge in [0, 0.05) is 23.7 Å². The maximum atomic E-state index is 13.9. The summed E-state index contributed by atoms with van der Waals surface area (Å²) in [6.07, 6.45) is 2.31. The molecule has 0 unspecified atom stereocenters. The van der Waals surface area contributed by atoms with Crippen molar-refractivity contribution in [3.05, 3.63) is 65.1 Å². The number of hydrogen-bond donors (Lipinski definition) is 2. The lowest BCUT2D eigenvalue weighted by Crippen LogP contribution is -2.25. The van der Waals surface area contributed by atoms with Crippen molar-refractivity contribution in [2.24, 2.45) is 11.7 Å². The van der Waals surface area contributed by atoms with Crippen molar-refractivity contribution in [1.29, 1.82) is 0 Å². The first kappa shape index (κ1) is 23.7. The first-order valence-electron chi connectivity index (χ1n) is 11.2. The van der Waals surface area contributed by atoms with Gasteiger partial charge in [-0.2, -0.15) is 0 Å². The van der Waals surface area contributed by atoms with Gasteiger partial charge < -0.3 is 24.9 Å². The van der Waals surface area contributed by atoms with Crippen molar-refractivity contribution in [2.45, 2.75) is 39.3 Å². The van der Waals surface area contributed by atoms with E-state index in [1.807, 2.05) is 6.92 Å². The Morgan fingerprint density at radius 2 is 2.00 bits per heavy atom. The molecular formula is C25H27F2N3O4. The maximum Gasteiger partial charge on any atom is 0.273 e. The van der Waals surface area contributed by atoms with Crippen LogP contribution in [0.1, 0.15) is 54.5 Å². The van der Waals surface area contributed by atoms with Crippen LogP contribution in [0.3, 0.4) is 0 Å².